The van der Waals surface area contributed by atoms with Gasteiger partial charge in [0.2, 0.25) is 5.91 Å². The Morgan fingerprint density at radius 1 is 1.03 bits per heavy atom. The average Bonchev–Trinajstić information content (AvgIpc) is 3.26. The molecule has 0 saturated carbocycles. The summed E-state index contributed by atoms with van der Waals surface area (Å²) in [5.74, 6) is -0.136. The summed E-state index contributed by atoms with van der Waals surface area (Å²) in [5, 5.41) is 2.86. The van der Waals surface area contributed by atoms with Crippen molar-refractivity contribution >= 4 is 23.8 Å². The number of ether oxygens (including phenoxy) is 3. The molecular weight excluding hydrogens is 474 g/mol. The van der Waals surface area contributed by atoms with E-state index in [0.29, 0.717) is 30.9 Å². The zero-order valence-electron chi connectivity index (χ0n) is 21.4. The minimum atomic E-state index is -0.676. The summed E-state index contributed by atoms with van der Waals surface area (Å²) in [4.78, 5) is 39.2. The van der Waals surface area contributed by atoms with Gasteiger partial charge in [-0.25, -0.2) is 4.79 Å². The molecule has 37 heavy (non-hydrogen) atoms. The average molecular weight is 510 g/mol. The van der Waals surface area contributed by atoms with Crippen molar-refractivity contribution in [2.24, 2.45) is 16.6 Å². The van der Waals surface area contributed by atoms with E-state index in [1.165, 1.54) is 7.11 Å². The van der Waals surface area contributed by atoms with Crippen LogP contribution in [0.3, 0.4) is 0 Å². The van der Waals surface area contributed by atoms with E-state index in [-0.39, 0.29) is 30.1 Å². The number of esters is 1. The maximum absolute atomic E-state index is 12.0. The molecule has 2 aromatic carbocycles. The van der Waals surface area contributed by atoms with Gasteiger partial charge in [-0.05, 0) is 36.1 Å². The van der Waals surface area contributed by atoms with Gasteiger partial charge >= 0.3 is 12.1 Å². The minimum absolute atomic E-state index is 0.0764. The van der Waals surface area contributed by atoms with Crippen LogP contribution in [0.2, 0.25) is 0 Å². The molecule has 3 N–H and O–H groups in total. The highest BCUT2D eigenvalue weighted by Gasteiger charge is 2.34. The first-order valence-corrected chi connectivity index (χ1v) is 12.6. The molecule has 0 radical (unpaired) electrons. The highest BCUT2D eigenvalue weighted by molar-refractivity contribution is 6.03. The first-order chi connectivity index (χ1) is 17.9. The third-order valence-electron chi connectivity index (χ3n) is 6.18. The van der Waals surface area contributed by atoms with Gasteiger partial charge in [0, 0.05) is 5.56 Å². The van der Waals surface area contributed by atoms with Crippen LogP contribution >= 0.6 is 0 Å². The molecule has 9 heteroatoms. The zero-order valence-corrected chi connectivity index (χ0v) is 21.4. The van der Waals surface area contributed by atoms with Crippen LogP contribution in [0.25, 0.3) is 11.1 Å². The molecule has 0 aromatic heterocycles. The van der Waals surface area contributed by atoms with Crippen molar-refractivity contribution in [3.63, 3.8) is 0 Å². The molecule has 0 unspecified atom stereocenters. The maximum atomic E-state index is 12.0. The van der Waals surface area contributed by atoms with Crippen molar-refractivity contribution < 1.29 is 28.6 Å². The Morgan fingerprint density at radius 2 is 1.70 bits per heavy atom. The van der Waals surface area contributed by atoms with E-state index < -0.39 is 12.1 Å². The van der Waals surface area contributed by atoms with Crippen LogP contribution in [0.1, 0.15) is 51.0 Å². The molecular formula is C28H35N3O6. The molecule has 2 aromatic rings. The summed E-state index contributed by atoms with van der Waals surface area (Å²) in [6.07, 6.45) is 4.01. The summed E-state index contributed by atoms with van der Waals surface area (Å²) in [7, 11) is 1.31. The number of nitrogens with zero attached hydrogens (tertiary/aromatic N) is 1. The summed E-state index contributed by atoms with van der Waals surface area (Å²) in [5.41, 5.74) is 8.56. The van der Waals surface area contributed by atoms with Crippen molar-refractivity contribution in [3.05, 3.63) is 54.1 Å². The molecule has 0 spiro atoms. The number of unbranched alkanes of at least 4 members (excludes halogenated alkanes) is 3. The Balaban J connectivity index is 1.48. The van der Waals surface area contributed by atoms with Gasteiger partial charge < -0.3 is 25.3 Å². The number of amides is 2. The lowest BCUT2D eigenvalue weighted by Gasteiger charge is -2.12. The van der Waals surface area contributed by atoms with Crippen molar-refractivity contribution in [1.82, 2.24) is 5.32 Å². The molecule has 1 aliphatic rings. The lowest BCUT2D eigenvalue weighted by Crippen LogP contribution is -2.31. The van der Waals surface area contributed by atoms with Gasteiger partial charge in [-0.15, -0.1) is 0 Å². The first kappa shape index (κ1) is 27.7. The normalized spacial score (nSPS) is 17.2. The number of benzene rings is 2. The fourth-order valence-corrected chi connectivity index (χ4v) is 4.06. The number of aliphatic imine (C=N–C) groups is 1. The third kappa shape index (κ3) is 8.63. The van der Waals surface area contributed by atoms with E-state index in [4.69, 9.17) is 15.2 Å². The second-order valence-electron chi connectivity index (χ2n) is 9.00. The van der Waals surface area contributed by atoms with Gasteiger partial charge in [0.05, 0.1) is 32.1 Å². The van der Waals surface area contributed by atoms with Gasteiger partial charge in [-0.2, -0.15) is 4.99 Å². The first-order valence-electron chi connectivity index (χ1n) is 12.6. The molecule has 1 aliphatic heterocycles. The molecule has 0 aliphatic carbocycles. The molecule has 1 heterocycles. The van der Waals surface area contributed by atoms with Crippen LogP contribution < -0.4 is 15.8 Å². The molecule has 1 saturated heterocycles. The van der Waals surface area contributed by atoms with E-state index in [2.05, 4.69) is 22.0 Å². The molecule has 9 nitrogen and oxygen atoms in total. The Labute approximate surface area is 217 Å². The van der Waals surface area contributed by atoms with Crippen molar-refractivity contribution in [2.45, 2.75) is 51.5 Å². The second-order valence-corrected chi connectivity index (χ2v) is 9.00. The van der Waals surface area contributed by atoms with E-state index in [1.807, 2.05) is 36.4 Å². The predicted octanol–water partition coefficient (Wildman–Crippen LogP) is 4.22. The molecule has 3 rings (SSSR count). The van der Waals surface area contributed by atoms with Gasteiger partial charge in [0.1, 0.15) is 18.2 Å². The lowest BCUT2D eigenvalue weighted by atomic mass is 10.0. The van der Waals surface area contributed by atoms with Crippen molar-refractivity contribution in [3.8, 4) is 16.9 Å². The van der Waals surface area contributed by atoms with Crippen LogP contribution in [-0.2, 0) is 19.1 Å². The number of rotatable bonds is 12. The Hall–Kier alpha value is -3.88. The maximum Gasteiger partial charge on any atom is 0.435 e. The monoisotopic (exact) mass is 509 g/mol. The molecule has 2 amide bonds. The number of carbonyl (C=O) groups excluding carboxylic acids is 3. The van der Waals surface area contributed by atoms with Gasteiger partial charge in [0.25, 0.3) is 0 Å². The number of methoxy groups -OCH3 is 1. The van der Waals surface area contributed by atoms with Crippen LogP contribution in [0, 0.1) is 5.92 Å². The summed E-state index contributed by atoms with van der Waals surface area (Å²) >= 11 is 0. The van der Waals surface area contributed by atoms with Gasteiger partial charge in [-0.3, -0.25) is 9.59 Å². The second kappa shape index (κ2) is 14.0. The quantitative estimate of drug-likeness (QED) is 0.190. The topological polar surface area (TPSA) is 129 Å². The number of nitrogens with two attached hydrogens (primary N) is 1. The lowest BCUT2D eigenvalue weighted by molar-refractivity contribution is -0.143. The Bertz CT molecular complexity index is 1080. The number of nitrogens with one attached hydrogen (secondary N) is 1. The molecule has 1 fully saturated rings. The van der Waals surface area contributed by atoms with E-state index >= 15 is 0 Å². The smallest absolute Gasteiger partial charge is 0.435 e. The number of amidine groups is 1. The zero-order chi connectivity index (χ0) is 26.6. The fourth-order valence-electron chi connectivity index (χ4n) is 4.06. The van der Waals surface area contributed by atoms with E-state index in [1.54, 1.807) is 12.1 Å². The van der Waals surface area contributed by atoms with Crippen LogP contribution in [-0.4, -0.2) is 50.2 Å². The highest BCUT2D eigenvalue weighted by atomic mass is 16.5. The predicted molar refractivity (Wildman–Crippen MR) is 140 cm³/mol. The summed E-state index contributed by atoms with van der Waals surface area (Å²) in [6.45, 7) is 2.79. The van der Waals surface area contributed by atoms with E-state index in [9.17, 15) is 14.4 Å². The largest absolute Gasteiger partial charge is 0.491 e. The molecule has 2 atom stereocenters. The van der Waals surface area contributed by atoms with Crippen molar-refractivity contribution in [2.75, 3.05) is 20.3 Å². The van der Waals surface area contributed by atoms with Gasteiger partial charge in [0.15, 0.2) is 0 Å². The number of hydrogen-bond acceptors (Lipinski definition) is 6. The fraction of sp³-hybridized carbons (Fsp3) is 0.429. The minimum Gasteiger partial charge on any atom is -0.491 e. The van der Waals surface area contributed by atoms with E-state index in [0.717, 1.165) is 36.8 Å². The van der Waals surface area contributed by atoms with Gasteiger partial charge in [-0.1, -0.05) is 62.6 Å². The standard InChI is InChI=1S/C28H35N3O6/c1-3-4-5-6-15-36-28(34)31-26(29)21-9-7-19(8-10-21)20-11-13-24(14-12-20)37-18-23-16-22(27(33)30-23)17-25(32)35-2/h7-14,22-23H,3-6,15-18H2,1-2H3,(H,30,33)(H2,29,31,34)/t22-,23-/m0/s1. The van der Waals surface area contributed by atoms with Crippen LogP contribution in [0.5, 0.6) is 5.75 Å². The van der Waals surface area contributed by atoms with Crippen LogP contribution in [0.4, 0.5) is 4.79 Å². The SMILES string of the molecule is CCCCCCOC(=O)N=C(N)c1ccc(-c2ccc(OC[C@@H]3C[C@@H](CC(=O)OC)C(=O)N3)cc2)cc1. The Morgan fingerprint density at radius 3 is 2.35 bits per heavy atom. The highest BCUT2D eigenvalue weighted by Crippen LogP contribution is 2.24. The molecule has 198 valence electrons. The number of hydrogen-bond donors (Lipinski definition) is 2. The summed E-state index contributed by atoms with van der Waals surface area (Å²) < 4.78 is 15.6. The number of carbonyl (C=O) groups is 3. The Kier molecular flexibility index (Phi) is 10.5. The third-order valence-corrected chi connectivity index (χ3v) is 6.18. The molecule has 0 bridgehead atoms. The van der Waals surface area contributed by atoms with Crippen molar-refractivity contribution in [1.29, 1.82) is 0 Å². The van der Waals surface area contributed by atoms with Crippen LogP contribution in [0.15, 0.2) is 53.5 Å². The summed E-state index contributed by atoms with van der Waals surface area (Å²) in [6, 6.07) is 14.9.